The normalized spacial score (nSPS) is 13.9. The highest BCUT2D eigenvalue weighted by Gasteiger charge is 2.28. The van der Waals surface area contributed by atoms with Crippen LogP contribution in [-0.4, -0.2) is 102 Å². The largest absolute Gasteiger partial charge is 0.382 e. The highest BCUT2D eigenvalue weighted by Crippen LogP contribution is 2.38. The Kier molecular flexibility index (Phi) is 21.7. The number of hydrogen-bond donors (Lipinski definition) is 8. The third-order valence-electron chi connectivity index (χ3n) is 20.4. The first-order valence-corrected chi connectivity index (χ1v) is 41.3. The molecule has 16 rings (SSSR count). The zero-order chi connectivity index (χ0) is 103. The molecule has 32 heteroatoms. The Morgan fingerprint density at radius 1 is 0.344 bits per heavy atom. The molecule has 0 aliphatic heterocycles. The van der Waals surface area contributed by atoms with Crippen molar-refractivity contribution in [3.05, 3.63) is 239 Å². The minimum atomic E-state index is -2.89. The second-order valence-electron chi connectivity index (χ2n) is 34.4. The molecule has 0 radical (unpaired) electrons. The Bertz CT molecular complexity index is 7000. The quantitative estimate of drug-likeness (QED) is 0.0351. The molecule has 0 unspecified atom stereocenters. The summed E-state index contributed by atoms with van der Waals surface area (Å²) >= 11 is 0. The molecule has 664 valence electrons. The standard InChI is InChI=1S/4C24H28N6O2/c4*1-14(2)23-28-20(21-22(25)26-10-11-30(21)23)16-8-6-15(7-9-16)12-19(31)27-18-13-17(32-29-18)24(3,4)5/h4*6-11,13-14H,12H2,1-5H3,(H2,25,26)(H,27,29,31)/i3D3,4D3;14D;2*3D3. The highest BCUT2D eigenvalue weighted by atomic mass is 16.5. The number of amides is 4. The monoisotopic (exact) mass is 1740 g/mol. The third-order valence-corrected chi connectivity index (χ3v) is 20.4. The number of nitrogens with two attached hydrogens (primary N) is 4. The van der Waals surface area contributed by atoms with Gasteiger partial charge in [0.1, 0.15) is 114 Å². The molecule has 16 aromatic rings. The molecule has 0 fully saturated rings. The summed E-state index contributed by atoms with van der Waals surface area (Å²) in [6, 6.07) is 35.6. The maximum Gasteiger partial charge on any atom is 0.230 e. The van der Waals surface area contributed by atoms with Gasteiger partial charge in [0.25, 0.3) is 0 Å². The summed E-state index contributed by atoms with van der Waals surface area (Å²) in [5, 5.41) is 25.8. The smallest absolute Gasteiger partial charge is 0.230 e. The van der Waals surface area contributed by atoms with Crippen molar-refractivity contribution in [3.8, 4) is 45.0 Å². The zero-order valence-electron chi connectivity index (χ0n) is 87.0. The van der Waals surface area contributed by atoms with Gasteiger partial charge in [-0.05, 0) is 22.3 Å². The minimum Gasteiger partial charge on any atom is -0.382 e. The number of carbonyl (C=O) groups is 4. The van der Waals surface area contributed by atoms with Crippen LogP contribution < -0.4 is 44.2 Å². The molecule has 4 amide bonds. The van der Waals surface area contributed by atoms with E-state index in [9.17, 15) is 19.2 Å². The van der Waals surface area contributed by atoms with E-state index >= 15 is 0 Å². The summed E-state index contributed by atoms with van der Waals surface area (Å²) in [5.41, 5.74) is 31.9. The first-order chi connectivity index (χ1) is 65.8. The molecule has 12 heterocycles. The average molecular weight is 1740 g/mol. The van der Waals surface area contributed by atoms with E-state index < -0.39 is 55.5 Å². The molecule has 0 atom stereocenters. The molecule has 4 aromatic carbocycles. The fourth-order valence-corrected chi connectivity index (χ4v) is 13.8. The summed E-state index contributed by atoms with van der Waals surface area (Å²) in [7, 11) is 0. The predicted molar refractivity (Wildman–Crippen MR) is 498 cm³/mol. The van der Waals surface area contributed by atoms with E-state index in [1.807, 2.05) is 156 Å². The number of fused-ring (bicyclic) bond motifs is 4. The maximum atomic E-state index is 12.6. The van der Waals surface area contributed by atoms with E-state index in [0.717, 1.165) is 91.8 Å². The van der Waals surface area contributed by atoms with Crippen molar-refractivity contribution < 1.29 is 55.1 Å². The molecule has 32 nitrogen and oxygen atoms in total. The van der Waals surface area contributed by atoms with E-state index in [0.29, 0.717) is 68.7 Å². The summed E-state index contributed by atoms with van der Waals surface area (Å²) in [5.74, 6) is 4.53. The summed E-state index contributed by atoms with van der Waals surface area (Å²) < 4.78 is 129. The molecular weight excluding hydrogens is 1620 g/mol. The van der Waals surface area contributed by atoms with Crippen LogP contribution in [0.5, 0.6) is 0 Å². The number of anilines is 8. The van der Waals surface area contributed by atoms with Crippen LogP contribution >= 0.6 is 0 Å². The Morgan fingerprint density at radius 2 is 0.562 bits per heavy atom. The zero-order valence-corrected chi connectivity index (χ0v) is 74.0. The van der Waals surface area contributed by atoms with Crippen molar-refractivity contribution in [2.24, 2.45) is 0 Å². The van der Waals surface area contributed by atoms with Crippen molar-refractivity contribution >= 4 is 92.2 Å². The molecule has 0 saturated heterocycles. The topological polar surface area (TPSA) is 445 Å². The lowest BCUT2D eigenvalue weighted by atomic mass is 9.93. The Morgan fingerprint density at radius 3 is 0.781 bits per heavy atom. The van der Waals surface area contributed by atoms with Crippen LogP contribution in [0.15, 0.2) is 189 Å². The van der Waals surface area contributed by atoms with Crippen molar-refractivity contribution in [2.75, 3.05) is 44.2 Å². The van der Waals surface area contributed by atoms with E-state index in [1.54, 1.807) is 90.7 Å². The van der Waals surface area contributed by atoms with Gasteiger partial charge < -0.3 is 62.3 Å². The Labute approximate surface area is 760 Å². The minimum absolute atomic E-state index is 0.0108. The first-order valence-electron chi connectivity index (χ1n) is 47.8. The number of rotatable bonds is 20. The number of benzene rings is 4. The SMILES string of the molecule is [2H]C(C)(C)c1nc(-c2ccc(CC(=O)Nc3cc(C(C)(C)C)on3)cc2)c2c(N)nccn12.[2H]C([2H])([2H])C(C)(C)c1cc(NC(=O)Cc2ccc(-c3nc(C(C)C)n4ccnc(N)c34)cc2)no1.[2H]C([2H])([2H])C(C)(C)c1cc(NC(=O)Cc2ccc(-c3nc(C(C)C)n4ccnc(N)c34)cc2)no1.[2H]C([2H])([2H])C(C)(c1cc(NC(=O)Cc2ccc(-c3nc(C(C)C)n4ccnc(N)c34)cc2)no1)C([2H])([2H])[2H]. The lowest BCUT2D eigenvalue weighted by molar-refractivity contribution is -0.116. The van der Waals surface area contributed by atoms with E-state index in [1.165, 1.54) is 12.1 Å². The number of carbonyl (C=O) groups excluding carboxylic acids is 4. The molecular formula is C96H112N24O8. The first kappa shape index (κ1) is 74.7. The number of aromatic nitrogens is 16. The van der Waals surface area contributed by atoms with Crippen LogP contribution in [0.1, 0.15) is 248 Å². The molecule has 0 saturated carbocycles. The van der Waals surface area contributed by atoms with Gasteiger partial charge in [0, 0.05) is 159 Å². The van der Waals surface area contributed by atoms with E-state index in [4.69, 9.17) is 78.8 Å². The predicted octanol–water partition coefficient (Wildman–Crippen LogP) is 18.3. The number of hydrogen-bond acceptors (Lipinski definition) is 24. The van der Waals surface area contributed by atoms with Gasteiger partial charge in [-0.15, -0.1) is 0 Å². The third kappa shape index (κ3) is 21.1. The molecule has 0 bridgehead atoms. The lowest BCUT2D eigenvalue weighted by Gasteiger charge is -2.12. The fraction of sp³-hybridized carbons (Fsp3) is 0.333. The number of nitrogens with one attached hydrogen (secondary N) is 4. The maximum absolute atomic E-state index is 12.6. The van der Waals surface area contributed by atoms with E-state index in [-0.39, 0.29) is 101 Å². The number of imidazole rings is 4. The molecule has 0 spiro atoms. The van der Waals surface area contributed by atoms with Gasteiger partial charge in [-0.2, -0.15) is 0 Å². The molecule has 0 aliphatic carbocycles. The summed E-state index contributed by atoms with van der Waals surface area (Å²) in [6.07, 6.45) is 14.2. The molecule has 0 aliphatic rings. The van der Waals surface area contributed by atoms with Crippen molar-refractivity contribution in [2.45, 2.75) is 209 Å². The molecule has 12 N–H and O–H groups in total. The highest BCUT2D eigenvalue weighted by molar-refractivity contribution is 5.95. The van der Waals surface area contributed by atoms with Crippen LogP contribution in [0, 0.1) is 0 Å². The number of nitrogens with zero attached hydrogens (tertiary/aromatic N) is 16. The van der Waals surface area contributed by atoms with E-state index in [2.05, 4.69) is 89.5 Å². The Hall–Kier alpha value is -14.7. The van der Waals surface area contributed by atoms with Crippen LogP contribution in [0.25, 0.3) is 67.1 Å². The van der Waals surface area contributed by atoms with Crippen molar-refractivity contribution in [1.29, 1.82) is 0 Å². The van der Waals surface area contributed by atoms with Gasteiger partial charge >= 0.3 is 0 Å². The molecule has 12 aromatic heterocycles. The Balaban J connectivity index is 0.000000158. The lowest BCUT2D eigenvalue weighted by Crippen LogP contribution is -2.14. The van der Waals surface area contributed by atoms with Gasteiger partial charge in [0.15, 0.2) is 23.3 Å². The van der Waals surface area contributed by atoms with Gasteiger partial charge in [0.05, 0.1) is 25.7 Å². The van der Waals surface area contributed by atoms with Gasteiger partial charge in [0.2, 0.25) is 23.6 Å². The number of nitrogen functional groups attached to an aromatic ring is 4. The van der Waals surface area contributed by atoms with Crippen molar-refractivity contribution in [1.82, 2.24) is 78.1 Å². The fourth-order valence-electron chi connectivity index (χ4n) is 13.8. The molecule has 128 heavy (non-hydrogen) atoms. The van der Waals surface area contributed by atoms with Crippen LogP contribution in [0.2, 0.25) is 0 Å². The summed E-state index contributed by atoms with van der Waals surface area (Å²) in [4.78, 5) is 86.1. The van der Waals surface area contributed by atoms with Crippen LogP contribution in [0.4, 0.5) is 46.5 Å². The van der Waals surface area contributed by atoms with Gasteiger partial charge in [-0.3, -0.25) is 36.8 Å². The average Bonchev–Trinajstić information content (AvgIpc) is 1.37. The van der Waals surface area contributed by atoms with Gasteiger partial charge in [-0.1, -0.05) is 256 Å². The second kappa shape index (κ2) is 37.2. The van der Waals surface area contributed by atoms with Crippen LogP contribution in [0.3, 0.4) is 0 Å². The van der Waals surface area contributed by atoms with Gasteiger partial charge in [-0.25, -0.2) is 39.9 Å². The second-order valence-corrected chi connectivity index (χ2v) is 34.4. The van der Waals surface area contributed by atoms with Crippen LogP contribution in [-0.2, 0) is 66.5 Å². The van der Waals surface area contributed by atoms with Crippen molar-refractivity contribution in [3.63, 3.8) is 0 Å². The summed E-state index contributed by atoms with van der Waals surface area (Å²) in [6.45, 7) is 18.9.